The number of ketones is 1. The zero-order chi connectivity index (χ0) is 32.4. The standard InChI is InChI=1S/C31H32FN7O6S/c1-19-13-29(45-27-6-4-3-5-22(27)32)34-18-26(19)39-31(33)21(17-35-39)30(40)25-15-20-14-24(37-46(2,41)42)28(16-23(20)36-25)44-12-9-38-7-10-43-11-8-38/h3-6,13-18,36-37H,7-12,33H2,1-2H3. The van der Waals surface area contributed by atoms with E-state index in [0.717, 1.165) is 19.3 Å². The van der Waals surface area contributed by atoms with Crippen molar-refractivity contribution in [2.75, 3.05) is 56.2 Å². The summed E-state index contributed by atoms with van der Waals surface area (Å²) in [6, 6.07) is 12.5. The molecule has 6 rings (SSSR count). The Kier molecular flexibility index (Phi) is 8.62. The number of para-hydroxylation sites is 1. The van der Waals surface area contributed by atoms with Crippen molar-refractivity contribution in [1.82, 2.24) is 24.6 Å². The minimum atomic E-state index is -3.61. The summed E-state index contributed by atoms with van der Waals surface area (Å²) in [6.45, 7) is 5.67. The molecule has 46 heavy (non-hydrogen) atoms. The van der Waals surface area contributed by atoms with Crippen LogP contribution >= 0.6 is 0 Å². The SMILES string of the molecule is Cc1cc(Oc2ccccc2F)ncc1-n1ncc(C(=O)c2cc3cc(NS(C)(=O)=O)c(OCCN4CCOCC4)cc3[nH]2)c1N. The Morgan fingerprint density at radius 2 is 1.91 bits per heavy atom. The molecule has 0 unspecified atom stereocenters. The fourth-order valence-electron chi connectivity index (χ4n) is 5.10. The van der Waals surface area contributed by atoms with Crippen LogP contribution in [0.1, 0.15) is 21.6 Å². The summed E-state index contributed by atoms with van der Waals surface area (Å²) in [7, 11) is -3.61. The maximum Gasteiger partial charge on any atom is 0.229 e. The summed E-state index contributed by atoms with van der Waals surface area (Å²) in [6.07, 6.45) is 3.90. The van der Waals surface area contributed by atoms with Crippen LogP contribution < -0.4 is 19.9 Å². The zero-order valence-electron chi connectivity index (χ0n) is 25.1. The van der Waals surface area contributed by atoms with Gasteiger partial charge in [0.15, 0.2) is 11.6 Å². The van der Waals surface area contributed by atoms with Gasteiger partial charge in [-0.2, -0.15) is 5.10 Å². The average molecular weight is 650 g/mol. The molecule has 0 amide bonds. The summed E-state index contributed by atoms with van der Waals surface area (Å²) in [5.74, 6) is -0.304. The van der Waals surface area contributed by atoms with Gasteiger partial charge >= 0.3 is 0 Å². The van der Waals surface area contributed by atoms with Gasteiger partial charge in [0.05, 0.1) is 54.5 Å². The number of aromatic amines is 1. The number of fused-ring (bicyclic) bond motifs is 1. The number of nitrogens with two attached hydrogens (primary N) is 1. The van der Waals surface area contributed by atoms with Gasteiger partial charge in [-0.25, -0.2) is 22.5 Å². The Morgan fingerprint density at radius 3 is 2.65 bits per heavy atom. The third kappa shape index (κ3) is 6.80. The molecule has 1 saturated heterocycles. The van der Waals surface area contributed by atoms with Crippen LogP contribution in [0.25, 0.3) is 16.6 Å². The average Bonchev–Trinajstić information content (AvgIpc) is 3.61. The third-order valence-corrected chi connectivity index (χ3v) is 8.01. The monoisotopic (exact) mass is 649 g/mol. The van der Waals surface area contributed by atoms with E-state index >= 15 is 0 Å². The number of nitrogens with zero attached hydrogens (tertiary/aromatic N) is 4. The van der Waals surface area contributed by atoms with E-state index in [2.05, 4.69) is 24.7 Å². The molecule has 0 atom stereocenters. The smallest absolute Gasteiger partial charge is 0.229 e. The van der Waals surface area contributed by atoms with Gasteiger partial charge in [-0.3, -0.25) is 14.4 Å². The molecule has 4 N–H and O–H groups in total. The molecule has 1 aliphatic heterocycles. The number of hydrogen-bond donors (Lipinski definition) is 3. The van der Waals surface area contributed by atoms with Crippen LogP contribution in [-0.4, -0.2) is 84.6 Å². The third-order valence-electron chi connectivity index (χ3n) is 7.42. The van der Waals surface area contributed by atoms with Crippen molar-refractivity contribution in [3.8, 4) is 23.1 Å². The molecule has 5 aromatic rings. The second kappa shape index (κ2) is 12.8. The van der Waals surface area contributed by atoms with Crippen molar-refractivity contribution in [1.29, 1.82) is 0 Å². The Hall–Kier alpha value is -4.99. The number of aromatic nitrogens is 4. The number of sulfonamides is 1. The molecule has 13 nitrogen and oxygen atoms in total. The number of benzene rings is 2. The Balaban J connectivity index is 1.23. The molecule has 4 heterocycles. The van der Waals surface area contributed by atoms with Gasteiger partial charge in [0.2, 0.25) is 21.7 Å². The minimum absolute atomic E-state index is 0.0397. The lowest BCUT2D eigenvalue weighted by molar-refractivity contribution is 0.0323. The number of nitrogens with one attached hydrogen (secondary N) is 2. The van der Waals surface area contributed by atoms with E-state index in [1.807, 2.05) is 0 Å². The fraction of sp³-hybridized carbons (Fsp3) is 0.258. The molecule has 3 aromatic heterocycles. The van der Waals surface area contributed by atoms with Gasteiger partial charge in [0, 0.05) is 42.7 Å². The van der Waals surface area contributed by atoms with Crippen molar-refractivity contribution in [3.05, 3.63) is 83.6 Å². The normalized spacial score (nSPS) is 14.0. The largest absolute Gasteiger partial charge is 0.490 e. The van der Waals surface area contributed by atoms with Crippen LogP contribution in [0.15, 0.2) is 60.9 Å². The lowest BCUT2D eigenvalue weighted by atomic mass is 10.1. The zero-order valence-corrected chi connectivity index (χ0v) is 25.9. The number of ether oxygens (including phenoxy) is 3. The molecular weight excluding hydrogens is 617 g/mol. The predicted octanol–water partition coefficient (Wildman–Crippen LogP) is 3.88. The van der Waals surface area contributed by atoms with E-state index in [0.29, 0.717) is 54.3 Å². The van der Waals surface area contributed by atoms with Crippen LogP contribution in [0.3, 0.4) is 0 Å². The van der Waals surface area contributed by atoms with Gasteiger partial charge in [0.1, 0.15) is 18.2 Å². The second-order valence-corrected chi connectivity index (χ2v) is 12.6. The van der Waals surface area contributed by atoms with E-state index < -0.39 is 21.6 Å². The van der Waals surface area contributed by atoms with E-state index in [4.69, 9.17) is 19.9 Å². The van der Waals surface area contributed by atoms with E-state index in [1.165, 1.54) is 29.2 Å². The van der Waals surface area contributed by atoms with Crippen molar-refractivity contribution in [3.63, 3.8) is 0 Å². The molecule has 1 aliphatic rings. The van der Waals surface area contributed by atoms with Crippen molar-refractivity contribution in [2.45, 2.75) is 6.92 Å². The fourth-order valence-corrected chi connectivity index (χ4v) is 5.66. The molecule has 15 heteroatoms. The number of carbonyl (C=O) groups excluding carboxylic acids is 1. The highest BCUT2D eigenvalue weighted by molar-refractivity contribution is 7.92. The predicted molar refractivity (Wildman–Crippen MR) is 170 cm³/mol. The van der Waals surface area contributed by atoms with E-state index in [1.54, 1.807) is 43.3 Å². The van der Waals surface area contributed by atoms with Crippen LogP contribution in [0, 0.1) is 12.7 Å². The van der Waals surface area contributed by atoms with Crippen molar-refractivity contribution >= 4 is 38.2 Å². The minimum Gasteiger partial charge on any atom is -0.490 e. The Morgan fingerprint density at radius 1 is 1.13 bits per heavy atom. The quantitative estimate of drug-likeness (QED) is 0.179. The van der Waals surface area contributed by atoms with Crippen LogP contribution in [0.2, 0.25) is 0 Å². The Labute approximate surface area is 264 Å². The van der Waals surface area contributed by atoms with Gasteiger partial charge in [-0.1, -0.05) is 12.1 Å². The molecule has 0 bridgehead atoms. The number of aryl methyl sites for hydroxylation is 1. The summed E-state index contributed by atoms with van der Waals surface area (Å²) in [4.78, 5) is 23.2. The highest BCUT2D eigenvalue weighted by atomic mass is 32.2. The lowest BCUT2D eigenvalue weighted by Gasteiger charge is -2.26. The molecular formula is C31H32FN7O6S. The van der Waals surface area contributed by atoms with Crippen LogP contribution in [0.4, 0.5) is 15.9 Å². The van der Waals surface area contributed by atoms with Gasteiger partial charge in [0.25, 0.3) is 0 Å². The molecule has 0 saturated carbocycles. The van der Waals surface area contributed by atoms with Gasteiger partial charge < -0.3 is 24.9 Å². The number of hydrogen-bond acceptors (Lipinski definition) is 10. The first-order valence-corrected chi connectivity index (χ1v) is 16.3. The summed E-state index contributed by atoms with van der Waals surface area (Å²) < 4.78 is 59.1. The highest BCUT2D eigenvalue weighted by Gasteiger charge is 2.22. The molecule has 1 fully saturated rings. The van der Waals surface area contributed by atoms with Crippen LogP contribution in [-0.2, 0) is 14.8 Å². The maximum absolute atomic E-state index is 14.0. The van der Waals surface area contributed by atoms with E-state index in [-0.39, 0.29) is 34.4 Å². The van der Waals surface area contributed by atoms with Crippen molar-refractivity contribution in [2.24, 2.45) is 0 Å². The second-order valence-electron chi connectivity index (χ2n) is 10.8. The molecule has 0 spiro atoms. The molecule has 0 radical (unpaired) electrons. The number of H-pyrrole nitrogens is 1. The Bertz CT molecular complexity index is 2020. The number of rotatable bonds is 11. The summed E-state index contributed by atoms with van der Waals surface area (Å²) >= 11 is 0. The summed E-state index contributed by atoms with van der Waals surface area (Å²) in [5.41, 5.74) is 8.78. The number of morpholine rings is 1. The number of pyridine rings is 1. The molecule has 0 aliphatic carbocycles. The van der Waals surface area contributed by atoms with E-state index in [9.17, 15) is 17.6 Å². The van der Waals surface area contributed by atoms with Crippen LogP contribution in [0.5, 0.6) is 17.4 Å². The number of nitrogen functional groups attached to an aromatic ring is 1. The van der Waals surface area contributed by atoms with Gasteiger partial charge in [-0.15, -0.1) is 0 Å². The molecule has 240 valence electrons. The van der Waals surface area contributed by atoms with Crippen molar-refractivity contribution < 1.29 is 31.8 Å². The first-order chi connectivity index (χ1) is 22.1. The maximum atomic E-state index is 14.0. The first-order valence-electron chi connectivity index (χ1n) is 14.4. The summed E-state index contributed by atoms with van der Waals surface area (Å²) in [5, 5.41) is 4.91. The number of carbonyl (C=O) groups is 1. The molecule has 2 aromatic carbocycles. The lowest BCUT2D eigenvalue weighted by Crippen LogP contribution is -2.38. The van der Waals surface area contributed by atoms with Gasteiger partial charge in [-0.05, 0) is 36.8 Å². The number of anilines is 2. The highest BCUT2D eigenvalue weighted by Crippen LogP contribution is 2.33. The first kappa shape index (κ1) is 31.0. The number of halogens is 1. The topological polar surface area (TPSA) is 167 Å².